The number of nitrogens with two attached hydrogens (primary N) is 1. The summed E-state index contributed by atoms with van der Waals surface area (Å²) in [5.41, 5.74) is 6.64. The second kappa shape index (κ2) is 7.17. The third-order valence-corrected chi connectivity index (χ3v) is 3.16. The molecule has 0 radical (unpaired) electrons. The van der Waals surface area contributed by atoms with E-state index in [9.17, 15) is 14.4 Å². The first kappa shape index (κ1) is 17.8. The van der Waals surface area contributed by atoms with Crippen LogP contribution in [0.1, 0.15) is 33.3 Å². The summed E-state index contributed by atoms with van der Waals surface area (Å²) in [7, 11) is 0. The van der Waals surface area contributed by atoms with Gasteiger partial charge in [-0.1, -0.05) is 39.0 Å². The van der Waals surface area contributed by atoms with Gasteiger partial charge in [-0.05, 0) is 17.0 Å². The highest BCUT2D eigenvalue weighted by Crippen LogP contribution is 2.29. The lowest BCUT2D eigenvalue weighted by molar-refractivity contribution is -0.149. The van der Waals surface area contributed by atoms with Crippen molar-refractivity contribution in [2.24, 2.45) is 5.73 Å². The molecule has 1 aromatic rings. The molecule has 0 aliphatic rings. The van der Waals surface area contributed by atoms with E-state index >= 15 is 0 Å². The zero-order valence-corrected chi connectivity index (χ0v) is 13.5. The highest BCUT2D eigenvalue weighted by atomic mass is 16.2. The number of imide groups is 1. The van der Waals surface area contributed by atoms with Gasteiger partial charge in [0.25, 0.3) is 0 Å². The largest absolute Gasteiger partial charge is 0.329 e. The van der Waals surface area contributed by atoms with Crippen LogP contribution in [0.2, 0.25) is 0 Å². The van der Waals surface area contributed by atoms with Crippen molar-refractivity contribution >= 4 is 23.4 Å². The Bertz CT molecular complexity index is 576. The first-order valence-electron chi connectivity index (χ1n) is 7.11. The number of para-hydroxylation sites is 1. The Morgan fingerprint density at radius 1 is 1.18 bits per heavy atom. The number of amides is 3. The monoisotopic (exact) mass is 305 g/mol. The number of nitrogens with one attached hydrogen (secondary N) is 1. The average molecular weight is 305 g/mol. The van der Waals surface area contributed by atoms with Gasteiger partial charge in [-0.3, -0.25) is 19.3 Å². The zero-order valence-electron chi connectivity index (χ0n) is 13.5. The topological polar surface area (TPSA) is 92.5 Å². The molecule has 0 saturated carbocycles. The van der Waals surface area contributed by atoms with Crippen molar-refractivity contribution in [1.82, 2.24) is 4.90 Å². The Hall–Kier alpha value is -2.21. The van der Waals surface area contributed by atoms with Crippen molar-refractivity contribution < 1.29 is 14.4 Å². The summed E-state index contributed by atoms with van der Waals surface area (Å²) in [4.78, 5) is 36.5. The fourth-order valence-electron chi connectivity index (χ4n) is 2.08. The second-order valence-corrected chi connectivity index (χ2v) is 6.01. The molecule has 6 heteroatoms. The fourth-order valence-corrected chi connectivity index (χ4v) is 2.08. The molecule has 0 heterocycles. The Morgan fingerprint density at radius 2 is 1.77 bits per heavy atom. The Kier molecular flexibility index (Phi) is 5.82. The third-order valence-electron chi connectivity index (χ3n) is 3.16. The lowest BCUT2D eigenvalue weighted by Gasteiger charge is -2.23. The lowest BCUT2D eigenvalue weighted by Crippen LogP contribution is -2.45. The van der Waals surface area contributed by atoms with Crippen LogP contribution in [-0.2, 0) is 19.8 Å². The smallest absolute Gasteiger partial charge is 0.318 e. The minimum absolute atomic E-state index is 0.0164. The number of rotatable bonds is 3. The van der Waals surface area contributed by atoms with E-state index in [-0.39, 0.29) is 18.5 Å². The van der Waals surface area contributed by atoms with Crippen LogP contribution in [0.25, 0.3) is 0 Å². The lowest BCUT2D eigenvalue weighted by atomic mass is 9.86. The van der Waals surface area contributed by atoms with E-state index < -0.39 is 17.7 Å². The molecule has 120 valence electrons. The SMILES string of the molecule is CC(=O)N(CCN)C(=O)C(=O)Nc1ccccc1C(C)(C)C. The molecule has 0 aliphatic carbocycles. The molecule has 22 heavy (non-hydrogen) atoms. The van der Waals surface area contributed by atoms with Crippen LogP contribution in [0.3, 0.4) is 0 Å². The molecule has 0 saturated heterocycles. The van der Waals surface area contributed by atoms with Gasteiger partial charge in [0.1, 0.15) is 0 Å². The van der Waals surface area contributed by atoms with Gasteiger partial charge in [0, 0.05) is 25.7 Å². The van der Waals surface area contributed by atoms with E-state index in [1.165, 1.54) is 6.92 Å². The average Bonchev–Trinajstić information content (AvgIpc) is 2.43. The third kappa shape index (κ3) is 4.39. The Labute approximate surface area is 130 Å². The molecule has 0 spiro atoms. The van der Waals surface area contributed by atoms with Gasteiger partial charge < -0.3 is 11.1 Å². The maximum absolute atomic E-state index is 12.1. The summed E-state index contributed by atoms with van der Waals surface area (Å²) < 4.78 is 0. The molecular weight excluding hydrogens is 282 g/mol. The van der Waals surface area contributed by atoms with Gasteiger partial charge >= 0.3 is 11.8 Å². The van der Waals surface area contributed by atoms with E-state index in [0.717, 1.165) is 10.5 Å². The summed E-state index contributed by atoms with van der Waals surface area (Å²) in [5, 5.41) is 2.59. The van der Waals surface area contributed by atoms with Gasteiger partial charge in [-0.15, -0.1) is 0 Å². The summed E-state index contributed by atoms with van der Waals surface area (Å²) >= 11 is 0. The number of carbonyl (C=O) groups excluding carboxylic acids is 3. The number of anilines is 1. The number of nitrogens with zero attached hydrogens (tertiary/aromatic N) is 1. The molecule has 0 atom stereocenters. The van der Waals surface area contributed by atoms with Gasteiger partial charge in [0.2, 0.25) is 5.91 Å². The first-order chi connectivity index (χ1) is 10.2. The molecule has 3 amide bonds. The molecule has 6 nitrogen and oxygen atoms in total. The Balaban J connectivity index is 2.98. The maximum Gasteiger partial charge on any atom is 0.318 e. The molecule has 1 aromatic carbocycles. The van der Waals surface area contributed by atoms with Crippen LogP contribution in [0.5, 0.6) is 0 Å². The molecule has 0 aromatic heterocycles. The summed E-state index contributed by atoms with van der Waals surface area (Å²) in [6.07, 6.45) is 0. The van der Waals surface area contributed by atoms with E-state index in [1.54, 1.807) is 12.1 Å². The predicted octanol–water partition coefficient (Wildman–Crippen LogP) is 1.26. The highest BCUT2D eigenvalue weighted by molar-refractivity contribution is 6.41. The Morgan fingerprint density at radius 3 is 2.27 bits per heavy atom. The molecular formula is C16H23N3O3. The van der Waals surface area contributed by atoms with Gasteiger partial charge in [0.15, 0.2) is 0 Å². The van der Waals surface area contributed by atoms with Crippen molar-refractivity contribution in [2.75, 3.05) is 18.4 Å². The second-order valence-electron chi connectivity index (χ2n) is 6.01. The molecule has 0 bridgehead atoms. The van der Waals surface area contributed by atoms with Crippen LogP contribution < -0.4 is 11.1 Å². The van der Waals surface area contributed by atoms with Crippen LogP contribution in [0.4, 0.5) is 5.69 Å². The van der Waals surface area contributed by atoms with E-state index in [1.807, 2.05) is 32.9 Å². The van der Waals surface area contributed by atoms with Crippen LogP contribution in [-0.4, -0.2) is 35.7 Å². The quantitative estimate of drug-likeness (QED) is 0.822. The van der Waals surface area contributed by atoms with Crippen molar-refractivity contribution in [2.45, 2.75) is 33.1 Å². The molecule has 1 rings (SSSR count). The number of hydrogen-bond donors (Lipinski definition) is 2. The van der Waals surface area contributed by atoms with Crippen molar-refractivity contribution in [3.63, 3.8) is 0 Å². The fraction of sp³-hybridized carbons (Fsp3) is 0.438. The minimum atomic E-state index is -0.901. The first-order valence-corrected chi connectivity index (χ1v) is 7.11. The van der Waals surface area contributed by atoms with Gasteiger partial charge in [-0.2, -0.15) is 0 Å². The number of hydrogen-bond acceptors (Lipinski definition) is 4. The zero-order chi connectivity index (χ0) is 16.9. The van der Waals surface area contributed by atoms with Gasteiger partial charge in [0.05, 0.1) is 0 Å². The van der Waals surface area contributed by atoms with Crippen LogP contribution >= 0.6 is 0 Å². The molecule has 0 unspecified atom stereocenters. The van der Waals surface area contributed by atoms with E-state index in [0.29, 0.717) is 5.69 Å². The molecule has 3 N–H and O–H groups in total. The van der Waals surface area contributed by atoms with Crippen molar-refractivity contribution in [3.8, 4) is 0 Å². The highest BCUT2D eigenvalue weighted by Gasteiger charge is 2.26. The standard InChI is InChI=1S/C16H23N3O3/c1-11(20)19(10-9-17)15(22)14(21)18-13-8-6-5-7-12(13)16(2,3)4/h5-8H,9-10,17H2,1-4H3,(H,18,21). The van der Waals surface area contributed by atoms with E-state index in [2.05, 4.69) is 5.32 Å². The molecule has 0 fully saturated rings. The minimum Gasteiger partial charge on any atom is -0.329 e. The summed E-state index contributed by atoms with van der Waals surface area (Å²) in [5.74, 6) is -2.25. The van der Waals surface area contributed by atoms with Crippen molar-refractivity contribution in [3.05, 3.63) is 29.8 Å². The summed E-state index contributed by atoms with van der Waals surface area (Å²) in [6, 6.07) is 7.27. The maximum atomic E-state index is 12.1. The predicted molar refractivity (Wildman–Crippen MR) is 85.2 cm³/mol. The molecule has 0 aliphatic heterocycles. The van der Waals surface area contributed by atoms with Gasteiger partial charge in [-0.25, -0.2) is 0 Å². The van der Waals surface area contributed by atoms with Crippen molar-refractivity contribution in [1.29, 1.82) is 0 Å². The number of benzene rings is 1. The van der Waals surface area contributed by atoms with Crippen LogP contribution in [0.15, 0.2) is 24.3 Å². The van der Waals surface area contributed by atoms with Crippen LogP contribution in [0, 0.1) is 0 Å². The normalized spacial score (nSPS) is 11.0. The summed E-state index contributed by atoms with van der Waals surface area (Å²) in [6.45, 7) is 7.38. The van der Waals surface area contributed by atoms with E-state index in [4.69, 9.17) is 5.73 Å². The number of carbonyl (C=O) groups is 3.